The zero-order valence-electron chi connectivity index (χ0n) is 15.4. The van der Waals surface area contributed by atoms with Crippen LogP contribution in [0.5, 0.6) is 0 Å². The summed E-state index contributed by atoms with van der Waals surface area (Å²) in [5.41, 5.74) is 2.77. The quantitative estimate of drug-likeness (QED) is 0.676. The van der Waals surface area contributed by atoms with Crippen LogP contribution in [0.25, 0.3) is 0 Å². The SMILES string of the molecule is CN=C(NCc1cnn(Cc2ccccc2)c1)N1CCC2(CCOC2)C1. The highest BCUT2D eigenvalue weighted by molar-refractivity contribution is 5.80. The number of benzene rings is 1. The minimum absolute atomic E-state index is 0.345. The number of aliphatic imine (C=N–C) groups is 1. The maximum Gasteiger partial charge on any atom is 0.193 e. The first kappa shape index (κ1) is 17.1. The van der Waals surface area contributed by atoms with Gasteiger partial charge in [-0.15, -0.1) is 0 Å². The highest BCUT2D eigenvalue weighted by atomic mass is 16.5. The van der Waals surface area contributed by atoms with E-state index in [0.29, 0.717) is 5.41 Å². The molecule has 6 heteroatoms. The highest BCUT2D eigenvalue weighted by Gasteiger charge is 2.42. The van der Waals surface area contributed by atoms with Crippen molar-refractivity contribution in [2.75, 3.05) is 33.4 Å². The van der Waals surface area contributed by atoms with Gasteiger partial charge in [0.2, 0.25) is 0 Å². The predicted octanol–water partition coefficient (Wildman–Crippen LogP) is 2.12. The first-order valence-electron chi connectivity index (χ1n) is 9.35. The highest BCUT2D eigenvalue weighted by Crippen LogP contribution is 2.38. The van der Waals surface area contributed by atoms with Crippen LogP contribution in [0.2, 0.25) is 0 Å². The predicted molar refractivity (Wildman–Crippen MR) is 102 cm³/mol. The summed E-state index contributed by atoms with van der Waals surface area (Å²) in [4.78, 5) is 6.84. The van der Waals surface area contributed by atoms with Gasteiger partial charge >= 0.3 is 0 Å². The van der Waals surface area contributed by atoms with Crippen LogP contribution in [-0.2, 0) is 17.8 Å². The van der Waals surface area contributed by atoms with Crippen molar-refractivity contribution < 1.29 is 4.74 Å². The Hall–Kier alpha value is -2.34. The molecule has 2 fully saturated rings. The number of likely N-dealkylation sites (tertiary alicyclic amines) is 1. The average Bonchev–Trinajstić information content (AvgIpc) is 3.40. The number of guanidine groups is 1. The van der Waals surface area contributed by atoms with Crippen LogP contribution in [0.1, 0.15) is 24.0 Å². The van der Waals surface area contributed by atoms with E-state index in [4.69, 9.17) is 4.74 Å². The third-order valence-corrected chi connectivity index (χ3v) is 5.46. The lowest BCUT2D eigenvalue weighted by Crippen LogP contribution is -2.41. The molecular weight excluding hydrogens is 326 g/mol. The molecule has 6 nitrogen and oxygen atoms in total. The fourth-order valence-corrected chi connectivity index (χ4v) is 3.96. The molecule has 0 bridgehead atoms. The van der Waals surface area contributed by atoms with Crippen molar-refractivity contribution in [3.05, 3.63) is 53.9 Å². The van der Waals surface area contributed by atoms with Gasteiger partial charge in [-0.2, -0.15) is 5.10 Å². The van der Waals surface area contributed by atoms with Gasteiger partial charge in [0, 0.05) is 50.5 Å². The van der Waals surface area contributed by atoms with Crippen molar-refractivity contribution in [3.8, 4) is 0 Å². The molecule has 1 atom stereocenters. The fourth-order valence-electron chi connectivity index (χ4n) is 3.96. The number of rotatable bonds is 4. The van der Waals surface area contributed by atoms with E-state index >= 15 is 0 Å². The molecular formula is C20H27N5O. The zero-order valence-corrected chi connectivity index (χ0v) is 15.4. The van der Waals surface area contributed by atoms with Gasteiger partial charge in [-0.1, -0.05) is 30.3 Å². The average molecular weight is 353 g/mol. The third kappa shape index (κ3) is 3.75. The van der Waals surface area contributed by atoms with Crippen molar-refractivity contribution >= 4 is 5.96 Å². The Morgan fingerprint density at radius 1 is 1.27 bits per heavy atom. The molecule has 0 amide bonds. The summed E-state index contributed by atoms with van der Waals surface area (Å²) in [7, 11) is 1.86. The second kappa shape index (κ2) is 7.50. The first-order chi connectivity index (χ1) is 12.8. The molecule has 0 aliphatic carbocycles. The fraction of sp³-hybridized carbons (Fsp3) is 0.500. The minimum Gasteiger partial charge on any atom is -0.381 e. The standard InChI is InChI=1S/C20H27N5O/c1-21-19(24-9-7-20(15-24)8-10-26-16-20)22-11-18-12-23-25(14-18)13-17-5-3-2-4-6-17/h2-6,12,14H,7-11,13,15-16H2,1H3,(H,21,22). The Morgan fingerprint density at radius 3 is 2.92 bits per heavy atom. The van der Waals surface area contributed by atoms with E-state index in [1.807, 2.05) is 24.0 Å². The summed E-state index contributed by atoms with van der Waals surface area (Å²) in [5, 5.41) is 7.97. The van der Waals surface area contributed by atoms with E-state index in [0.717, 1.165) is 45.4 Å². The molecule has 4 rings (SSSR count). The van der Waals surface area contributed by atoms with Crippen molar-refractivity contribution in [2.45, 2.75) is 25.9 Å². The second-order valence-corrected chi connectivity index (χ2v) is 7.41. The van der Waals surface area contributed by atoms with Crippen LogP contribution >= 0.6 is 0 Å². The zero-order chi connectivity index (χ0) is 17.8. The van der Waals surface area contributed by atoms with Crippen molar-refractivity contribution in [1.82, 2.24) is 20.0 Å². The van der Waals surface area contributed by atoms with Gasteiger partial charge in [0.1, 0.15) is 0 Å². The molecule has 3 heterocycles. The van der Waals surface area contributed by atoms with E-state index in [1.165, 1.54) is 24.0 Å². The second-order valence-electron chi connectivity index (χ2n) is 7.41. The minimum atomic E-state index is 0.345. The van der Waals surface area contributed by atoms with Crippen LogP contribution in [0.3, 0.4) is 0 Å². The lowest BCUT2D eigenvalue weighted by Gasteiger charge is -2.24. The Morgan fingerprint density at radius 2 is 2.15 bits per heavy atom. The Balaban J connectivity index is 1.32. The molecule has 1 N–H and O–H groups in total. The Bertz CT molecular complexity index is 749. The Labute approximate surface area is 154 Å². The molecule has 0 saturated carbocycles. The van der Waals surface area contributed by atoms with Crippen LogP contribution in [0.15, 0.2) is 47.7 Å². The summed E-state index contributed by atoms with van der Waals surface area (Å²) in [5.74, 6) is 0.976. The number of ether oxygens (including phenoxy) is 1. The molecule has 138 valence electrons. The maximum atomic E-state index is 5.63. The van der Waals surface area contributed by atoms with Gasteiger partial charge in [0.05, 0.1) is 19.3 Å². The molecule has 2 aliphatic heterocycles. The van der Waals surface area contributed by atoms with Crippen molar-refractivity contribution in [2.24, 2.45) is 10.4 Å². The molecule has 1 unspecified atom stereocenters. The monoisotopic (exact) mass is 353 g/mol. The smallest absolute Gasteiger partial charge is 0.193 e. The summed E-state index contributed by atoms with van der Waals surface area (Å²) < 4.78 is 7.61. The van der Waals surface area contributed by atoms with Crippen LogP contribution < -0.4 is 5.32 Å². The van der Waals surface area contributed by atoms with Crippen molar-refractivity contribution in [1.29, 1.82) is 0 Å². The van der Waals surface area contributed by atoms with Gasteiger partial charge in [0.25, 0.3) is 0 Å². The number of nitrogens with one attached hydrogen (secondary N) is 1. The molecule has 1 spiro atoms. The summed E-state index contributed by atoms with van der Waals surface area (Å²) in [6.45, 7) is 5.43. The van der Waals surface area contributed by atoms with Crippen LogP contribution in [0, 0.1) is 5.41 Å². The van der Waals surface area contributed by atoms with E-state index in [-0.39, 0.29) is 0 Å². The normalized spacial score (nSPS) is 23.1. The van der Waals surface area contributed by atoms with Gasteiger partial charge in [0.15, 0.2) is 5.96 Å². The maximum absolute atomic E-state index is 5.63. The third-order valence-electron chi connectivity index (χ3n) is 5.46. The van der Waals surface area contributed by atoms with Crippen LogP contribution in [0.4, 0.5) is 0 Å². The Kier molecular flexibility index (Phi) is 4.93. The van der Waals surface area contributed by atoms with E-state index in [1.54, 1.807) is 0 Å². The molecule has 0 radical (unpaired) electrons. The van der Waals surface area contributed by atoms with Gasteiger partial charge in [-0.05, 0) is 18.4 Å². The largest absolute Gasteiger partial charge is 0.381 e. The molecule has 2 aliphatic rings. The van der Waals surface area contributed by atoms with E-state index in [2.05, 4.69) is 50.8 Å². The van der Waals surface area contributed by atoms with Gasteiger partial charge in [-0.25, -0.2) is 0 Å². The summed E-state index contributed by atoms with van der Waals surface area (Å²) in [6, 6.07) is 10.4. The number of nitrogens with zero attached hydrogens (tertiary/aromatic N) is 4. The first-order valence-corrected chi connectivity index (χ1v) is 9.35. The summed E-state index contributed by atoms with van der Waals surface area (Å²) in [6.07, 6.45) is 6.40. The number of aromatic nitrogens is 2. The molecule has 1 aromatic heterocycles. The topological polar surface area (TPSA) is 54.7 Å². The lowest BCUT2D eigenvalue weighted by molar-refractivity contribution is 0.156. The van der Waals surface area contributed by atoms with Crippen molar-refractivity contribution in [3.63, 3.8) is 0 Å². The number of hydrogen-bond acceptors (Lipinski definition) is 3. The van der Waals surface area contributed by atoms with Crippen LogP contribution in [-0.4, -0.2) is 54.0 Å². The summed E-state index contributed by atoms with van der Waals surface area (Å²) >= 11 is 0. The van der Waals surface area contributed by atoms with Gasteiger partial charge in [-0.3, -0.25) is 9.67 Å². The number of hydrogen-bond donors (Lipinski definition) is 1. The molecule has 2 saturated heterocycles. The molecule has 2 aromatic rings. The van der Waals surface area contributed by atoms with E-state index in [9.17, 15) is 0 Å². The van der Waals surface area contributed by atoms with Gasteiger partial charge < -0.3 is 15.0 Å². The lowest BCUT2D eigenvalue weighted by atomic mass is 9.87. The molecule has 1 aromatic carbocycles. The van der Waals surface area contributed by atoms with E-state index < -0.39 is 0 Å². The molecule has 26 heavy (non-hydrogen) atoms.